The van der Waals surface area contributed by atoms with Gasteiger partial charge in [0.2, 0.25) is 5.79 Å². The molecule has 0 unspecified atom stereocenters. The standard InChI is InChI=1S/C16H14Br2O2/c17-11-16(13-6-8-14(18)9-7-13)19-10-15(20-16)12-4-2-1-3-5-12/h1-9,15H,10-11H2/t15-,16-/m1/s1. The zero-order valence-electron chi connectivity index (χ0n) is 10.8. The minimum absolute atomic E-state index is 0.0302. The SMILES string of the molecule is BrC[C@@]1(c2ccc(Br)cc2)OC[C@H](c2ccccc2)O1. The number of halogens is 2. The number of ether oxygens (including phenoxy) is 2. The van der Waals surface area contributed by atoms with E-state index in [-0.39, 0.29) is 6.10 Å². The molecule has 104 valence electrons. The van der Waals surface area contributed by atoms with Crippen LogP contribution >= 0.6 is 31.9 Å². The molecule has 0 bridgehead atoms. The van der Waals surface area contributed by atoms with E-state index in [4.69, 9.17) is 9.47 Å². The largest absolute Gasteiger partial charge is 0.342 e. The average molecular weight is 398 g/mol. The Labute approximate surface area is 135 Å². The molecule has 0 radical (unpaired) electrons. The second-order valence-electron chi connectivity index (χ2n) is 4.72. The molecular formula is C16H14Br2O2. The van der Waals surface area contributed by atoms with E-state index in [0.29, 0.717) is 11.9 Å². The summed E-state index contributed by atoms with van der Waals surface area (Å²) in [5.74, 6) is -0.707. The summed E-state index contributed by atoms with van der Waals surface area (Å²) in [5, 5.41) is 0.602. The van der Waals surface area contributed by atoms with Crippen LogP contribution in [0.2, 0.25) is 0 Å². The van der Waals surface area contributed by atoms with Crippen LogP contribution in [0.3, 0.4) is 0 Å². The lowest BCUT2D eigenvalue weighted by molar-refractivity contribution is -0.157. The normalized spacial score (nSPS) is 25.8. The maximum Gasteiger partial charge on any atom is 0.205 e. The van der Waals surface area contributed by atoms with Gasteiger partial charge in [0.05, 0.1) is 11.9 Å². The Balaban J connectivity index is 1.87. The van der Waals surface area contributed by atoms with E-state index in [0.717, 1.165) is 15.6 Å². The molecule has 4 heteroatoms. The molecule has 2 nitrogen and oxygen atoms in total. The van der Waals surface area contributed by atoms with Gasteiger partial charge in [0.15, 0.2) is 0 Å². The highest BCUT2D eigenvalue weighted by Crippen LogP contribution is 2.41. The molecule has 1 saturated heterocycles. The van der Waals surface area contributed by atoms with Crippen molar-refractivity contribution < 1.29 is 9.47 Å². The molecule has 1 aliphatic heterocycles. The monoisotopic (exact) mass is 396 g/mol. The number of rotatable bonds is 3. The molecule has 1 heterocycles. The summed E-state index contributed by atoms with van der Waals surface area (Å²) in [5.41, 5.74) is 2.17. The Hall–Kier alpha value is -0.680. The highest BCUT2D eigenvalue weighted by molar-refractivity contribution is 9.10. The van der Waals surface area contributed by atoms with Crippen molar-refractivity contribution in [2.75, 3.05) is 11.9 Å². The van der Waals surface area contributed by atoms with Crippen molar-refractivity contribution >= 4 is 31.9 Å². The van der Waals surface area contributed by atoms with Crippen molar-refractivity contribution in [2.45, 2.75) is 11.9 Å². The van der Waals surface area contributed by atoms with Gasteiger partial charge in [0, 0.05) is 10.0 Å². The van der Waals surface area contributed by atoms with Gasteiger partial charge in [-0.15, -0.1) is 0 Å². The van der Waals surface area contributed by atoms with E-state index in [2.05, 4.69) is 44.0 Å². The number of benzene rings is 2. The Morgan fingerprint density at radius 1 is 1.05 bits per heavy atom. The lowest BCUT2D eigenvalue weighted by atomic mass is 10.1. The fourth-order valence-corrected chi connectivity index (χ4v) is 3.22. The molecule has 0 saturated carbocycles. The fraction of sp³-hybridized carbons (Fsp3) is 0.250. The van der Waals surface area contributed by atoms with Gasteiger partial charge >= 0.3 is 0 Å². The molecule has 0 spiro atoms. The first-order valence-electron chi connectivity index (χ1n) is 6.42. The molecule has 0 amide bonds. The van der Waals surface area contributed by atoms with E-state index in [1.807, 2.05) is 42.5 Å². The van der Waals surface area contributed by atoms with Gasteiger partial charge in [0.25, 0.3) is 0 Å². The van der Waals surface area contributed by atoms with Crippen LogP contribution in [-0.2, 0) is 15.3 Å². The van der Waals surface area contributed by atoms with Crippen molar-refractivity contribution in [3.05, 3.63) is 70.2 Å². The van der Waals surface area contributed by atoms with Crippen molar-refractivity contribution in [1.29, 1.82) is 0 Å². The van der Waals surface area contributed by atoms with E-state index in [1.54, 1.807) is 0 Å². The molecule has 2 atom stereocenters. The van der Waals surface area contributed by atoms with Crippen molar-refractivity contribution in [1.82, 2.24) is 0 Å². The smallest absolute Gasteiger partial charge is 0.205 e. The third-order valence-electron chi connectivity index (χ3n) is 3.43. The van der Waals surface area contributed by atoms with Gasteiger partial charge < -0.3 is 9.47 Å². The third kappa shape index (κ3) is 2.70. The summed E-state index contributed by atoms with van der Waals surface area (Å²) >= 11 is 6.98. The van der Waals surface area contributed by atoms with Crippen molar-refractivity contribution in [3.63, 3.8) is 0 Å². The van der Waals surface area contributed by atoms with E-state index < -0.39 is 5.79 Å². The van der Waals surface area contributed by atoms with Gasteiger partial charge in [-0.1, -0.05) is 74.3 Å². The van der Waals surface area contributed by atoms with Gasteiger partial charge in [-0.3, -0.25) is 0 Å². The van der Waals surface area contributed by atoms with Crippen LogP contribution in [-0.4, -0.2) is 11.9 Å². The molecule has 0 N–H and O–H groups in total. The molecule has 2 aromatic rings. The second-order valence-corrected chi connectivity index (χ2v) is 6.20. The van der Waals surface area contributed by atoms with Crippen molar-refractivity contribution in [3.8, 4) is 0 Å². The second kappa shape index (κ2) is 5.98. The Kier molecular flexibility index (Phi) is 4.26. The quantitative estimate of drug-likeness (QED) is 0.693. The Morgan fingerprint density at radius 3 is 2.40 bits per heavy atom. The maximum absolute atomic E-state index is 6.23. The molecule has 3 rings (SSSR count). The molecule has 20 heavy (non-hydrogen) atoms. The van der Waals surface area contributed by atoms with Crippen LogP contribution < -0.4 is 0 Å². The molecule has 1 fully saturated rings. The summed E-state index contributed by atoms with van der Waals surface area (Å²) in [6.45, 7) is 0.561. The summed E-state index contributed by atoms with van der Waals surface area (Å²) in [4.78, 5) is 0. The van der Waals surface area contributed by atoms with Crippen LogP contribution in [0.4, 0.5) is 0 Å². The maximum atomic E-state index is 6.23. The van der Waals surface area contributed by atoms with Gasteiger partial charge in [-0.25, -0.2) is 0 Å². The fourth-order valence-electron chi connectivity index (χ4n) is 2.34. The first kappa shape index (κ1) is 14.3. The van der Waals surface area contributed by atoms with Crippen molar-refractivity contribution in [2.24, 2.45) is 0 Å². The average Bonchev–Trinajstić information content (AvgIpc) is 2.95. The minimum Gasteiger partial charge on any atom is -0.342 e. The first-order chi connectivity index (χ1) is 9.73. The third-order valence-corrected chi connectivity index (χ3v) is 4.70. The highest BCUT2D eigenvalue weighted by atomic mass is 79.9. The van der Waals surface area contributed by atoms with Crippen LogP contribution in [0.5, 0.6) is 0 Å². The van der Waals surface area contributed by atoms with E-state index in [9.17, 15) is 0 Å². The highest BCUT2D eigenvalue weighted by Gasteiger charge is 2.42. The predicted octanol–water partition coefficient (Wildman–Crippen LogP) is 4.78. The number of hydrogen-bond donors (Lipinski definition) is 0. The summed E-state index contributed by atoms with van der Waals surface area (Å²) in [6.07, 6.45) is -0.0302. The van der Waals surface area contributed by atoms with E-state index >= 15 is 0 Å². The molecular weight excluding hydrogens is 384 g/mol. The van der Waals surface area contributed by atoms with Crippen LogP contribution in [0.25, 0.3) is 0 Å². The molecule has 1 aliphatic rings. The van der Waals surface area contributed by atoms with Gasteiger partial charge in [0.1, 0.15) is 6.10 Å². The molecule has 2 aromatic carbocycles. The van der Waals surface area contributed by atoms with Gasteiger partial charge in [-0.05, 0) is 17.7 Å². The lowest BCUT2D eigenvalue weighted by Gasteiger charge is -2.26. The minimum atomic E-state index is -0.707. The lowest BCUT2D eigenvalue weighted by Crippen LogP contribution is -2.29. The Bertz CT molecular complexity index is 571. The van der Waals surface area contributed by atoms with Crippen LogP contribution in [0, 0.1) is 0 Å². The Morgan fingerprint density at radius 2 is 1.75 bits per heavy atom. The van der Waals surface area contributed by atoms with E-state index in [1.165, 1.54) is 0 Å². The van der Waals surface area contributed by atoms with Crippen LogP contribution in [0.1, 0.15) is 17.2 Å². The predicted molar refractivity (Wildman–Crippen MR) is 85.8 cm³/mol. The summed E-state index contributed by atoms with van der Waals surface area (Å²) in [7, 11) is 0. The topological polar surface area (TPSA) is 18.5 Å². The molecule has 0 aromatic heterocycles. The molecule has 0 aliphatic carbocycles. The van der Waals surface area contributed by atoms with Gasteiger partial charge in [-0.2, -0.15) is 0 Å². The first-order valence-corrected chi connectivity index (χ1v) is 8.34. The summed E-state index contributed by atoms with van der Waals surface area (Å²) < 4.78 is 13.3. The zero-order valence-corrected chi connectivity index (χ0v) is 13.9. The summed E-state index contributed by atoms with van der Waals surface area (Å²) in [6, 6.07) is 18.2. The van der Waals surface area contributed by atoms with Crippen LogP contribution in [0.15, 0.2) is 59.1 Å². The zero-order chi connectivity index (χ0) is 14.0. The number of hydrogen-bond acceptors (Lipinski definition) is 2. The number of alkyl halides is 1.